The van der Waals surface area contributed by atoms with E-state index in [-0.39, 0.29) is 18.3 Å². The standard InChI is InChI=1S/C25H33N5O6/c1-2-3-4-5-6-7-19(32)35-13-18-21(33)22(34)25(36-18)30-15-29-20-23(27-14-28-24(20)30)26-12-16-8-10-17(31)11-9-16/h8-11,14-15,18,21-22,25,31,33-34H,2-7,12-13H2,1H3,(H,26,27,28)/t18-,21-,22-,25-/m1/s1. The number of fused-ring (bicyclic) bond motifs is 1. The van der Waals surface area contributed by atoms with Crippen molar-refractivity contribution in [1.82, 2.24) is 19.5 Å². The molecule has 0 aliphatic carbocycles. The number of nitrogens with one attached hydrogen (secondary N) is 1. The third-order valence-electron chi connectivity index (χ3n) is 6.26. The van der Waals surface area contributed by atoms with Gasteiger partial charge in [0.05, 0.1) is 6.33 Å². The Morgan fingerprint density at radius 2 is 1.86 bits per heavy atom. The van der Waals surface area contributed by atoms with Crippen LogP contribution in [0.1, 0.15) is 57.2 Å². The van der Waals surface area contributed by atoms with Crippen LogP contribution in [0.2, 0.25) is 0 Å². The van der Waals surface area contributed by atoms with Gasteiger partial charge in [0, 0.05) is 13.0 Å². The smallest absolute Gasteiger partial charge is 0.305 e. The molecule has 3 heterocycles. The van der Waals surface area contributed by atoms with Gasteiger partial charge in [0.25, 0.3) is 0 Å². The van der Waals surface area contributed by atoms with Gasteiger partial charge in [0.1, 0.15) is 37.0 Å². The number of ether oxygens (including phenoxy) is 2. The molecular weight excluding hydrogens is 466 g/mol. The zero-order valence-electron chi connectivity index (χ0n) is 20.3. The highest BCUT2D eigenvalue weighted by Crippen LogP contribution is 2.32. The van der Waals surface area contributed by atoms with Crippen LogP contribution >= 0.6 is 0 Å². The predicted octanol–water partition coefficient (Wildman–Crippen LogP) is 2.67. The van der Waals surface area contributed by atoms with Gasteiger partial charge >= 0.3 is 5.97 Å². The number of aromatic hydroxyl groups is 1. The summed E-state index contributed by atoms with van der Waals surface area (Å²) in [7, 11) is 0. The molecular formula is C25H33N5O6. The van der Waals surface area contributed by atoms with E-state index in [1.54, 1.807) is 24.3 Å². The van der Waals surface area contributed by atoms with E-state index in [0.717, 1.165) is 37.7 Å². The van der Waals surface area contributed by atoms with Crippen molar-refractivity contribution in [3.05, 3.63) is 42.5 Å². The predicted molar refractivity (Wildman–Crippen MR) is 131 cm³/mol. The van der Waals surface area contributed by atoms with Crippen LogP contribution < -0.4 is 5.32 Å². The fourth-order valence-corrected chi connectivity index (χ4v) is 4.18. The number of carbonyl (C=O) groups excluding carboxylic acids is 1. The van der Waals surface area contributed by atoms with Crippen molar-refractivity contribution in [1.29, 1.82) is 0 Å². The van der Waals surface area contributed by atoms with Gasteiger partial charge in [-0.2, -0.15) is 0 Å². The molecule has 0 unspecified atom stereocenters. The SMILES string of the molecule is CCCCCCCC(=O)OC[C@H]1O[C@@H](n2cnc3c(NCc4ccc(O)cc4)ncnc32)[C@H](O)[C@@H]1O. The number of aromatic nitrogens is 4. The number of benzene rings is 1. The summed E-state index contributed by atoms with van der Waals surface area (Å²) in [6.45, 7) is 2.44. The molecule has 11 nitrogen and oxygen atoms in total. The van der Waals surface area contributed by atoms with Crippen LogP contribution in [0, 0.1) is 0 Å². The highest BCUT2D eigenvalue weighted by molar-refractivity contribution is 5.82. The molecule has 0 spiro atoms. The fraction of sp³-hybridized carbons (Fsp3) is 0.520. The minimum Gasteiger partial charge on any atom is -0.508 e. The largest absolute Gasteiger partial charge is 0.508 e. The zero-order chi connectivity index (χ0) is 25.5. The van der Waals surface area contributed by atoms with E-state index in [1.807, 2.05) is 0 Å². The van der Waals surface area contributed by atoms with E-state index in [9.17, 15) is 20.1 Å². The van der Waals surface area contributed by atoms with Crippen molar-refractivity contribution < 1.29 is 29.6 Å². The molecule has 1 fully saturated rings. The number of phenolic OH excluding ortho intramolecular Hbond substituents is 1. The molecule has 194 valence electrons. The number of aliphatic hydroxyl groups excluding tert-OH is 2. The third kappa shape index (κ3) is 6.10. The summed E-state index contributed by atoms with van der Waals surface area (Å²) in [4.78, 5) is 25.0. The molecule has 1 aliphatic heterocycles. The first-order valence-corrected chi connectivity index (χ1v) is 12.3. The number of hydrogen-bond donors (Lipinski definition) is 4. The molecule has 11 heteroatoms. The first-order chi connectivity index (χ1) is 17.5. The quantitative estimate of drug-likeness (QED) is 0.216. The Bertz CT molecular complexity index is 1140. The van der Waals surface area contributed by atoms with E-state index in [0.29, 0.717) is 29.9 Å². The Morgan fingerprint density at radius 3 is 2.64 bits per heavy atom. The number of nitrogens with zero attached hydrogens (tertiary/aromatic N) is 4. The average molecular weight is 500 g/mol. The van der Waals surface area contributed by atoms with Crippen LogP contribution in [0.25, 0.3) is 11.2 Å². The average Bonchev–Trinajstić information content (AvgIpc) is 3.43. The van der Waals surface area contributed by atoms with Crippen molar-refractivity contribution in [3.63, 3.8) is 0 Å². The fourth-order valence-electron chi connectivity index (χ4n) is 4.18. The van der Waals surface area contributed by atoms with Crippen LogP contribution in [-0.2, 0) is 20.8 Å². The summed E-state index contributed by atoms with van der Waals surface area (Å²) in [5, 5.41) is 33.8. The van der Waals surface area contributed by atoms with Gasteiger partial charge in [-0.15, -0.1) is 0 Å². The molecule has 1 aromatic carbocycles. The maximum Gasteiger partial charge on any atom is 0.305 e. The van der Waals surface area contributed by atoms with Gasteiger partial charge < -0.3 is 30.1 Å². The van der Waals surface area contributed by atoms with Crippen molar-refractivity contribution in [2.24, 2.45) is 0 Å². The summed E-state index contributed by atoms with van der Waals surface area (Å²) in [6.07, 6.45) is 3.97. The van der Waals surface area contributed by atoms with Gasteiger partial charge in [-0.05, 0) is 24.1 Å². The number of phenols is 1. The number of anilines is 1. The number of imidazole rings is 1. The normalized spacial score (nSPS) is 21.6. The van der Waals surface area contributed by atoms with E-state index < -0.39 is 24.5 Å². The molecule has 2 aromatic heterocycles. The van der Waals surface area contributed by atoms with Gasteiger partial charge in [-0.25, -0.2) is 15.0 Å². The number of rotatable bonds is 12. The Morgan fingerprint density at radius 1 is 1.08 bits per heavy atom. The van der Waals surface area contributed by atoms with Crippen molar-refractivity contribution >= 4 is 23.0 Å². The topological polar surface area (TPSA) is 152 Å². The summed E-state index contributed by atoms with van der Waals surface area (Å²) >= 11 is 0. The van der Waals surface area contributed by atoms with Gasteiger partial charge in [0.2, 0.25) is 0 Å². The van der Waals surface area contributed by atoms with Crippen LogP contribution in [0.5, 0.6) is 5.75 Å². The van der Waals surface area contributed by atoms with E-state index >= 15 is 0 Å². The van der Waals surface area contributed by atoms with E-state index in [4.69, 9.17) is 9.47 Å². The van der Waals surface area contributed by atoms with Crippen LogP contribution in [0.4, 0.5) is 5.82 Å². The minimum atomic E-state index is -1.26. The second kappa shape index (κ2) is 12.1. The van der Waals surface area contributed by atoms with E-state index in [1.165, 1.54) is 17.2 Å². The lowest BCUT2D eigenvalue weighted by Crippen LogP contribution is -2.34. The van der Waals surface area contributed by atoms with E-state index in [2.05, 4.69) is 27.2 Å². The van der Waals surface area contributed by atoms with Gasteiger partial charge in [0.15, 0.2) is 23.2 Å². The lowest BCUT2D eigenvalue weighted by molar-refractivity contribution is -0.150. The maximum atomic E-state index is 12.1. The first kappa shape index (κ1) is 25.8. The molecule has 1 saturated heterocycles. The number of carbonyl (C=O) groups is 1. The Kier molecular flexibility index (Phi) is 8.68. The Labute approximate surface area is 209 Å². The molecule has 0 bridgehead atoms. The van der Waals surface area contributed by atoms with Crippen molar-refractivity contribution in [2.75, 3.05) is 11.9 Å². The zero-order valence-corrected chi connectivity index (χ0v) is 20.3. The lowest BCUT2D eigenvalue weighted by atomic mass is 10.1. The number of aliphatic hydroxyl groups is 2. The molecule has 36 heavy (non-hydrogen) atoms. The van der Waals surface area contributed by atoms with Gasteiger partial charge in [-0.1, -0.05) is 44.7 Å². The molecule has 0 saturated carbocycles. The molecule has 0 radical (unpaired) electrons. The van der Waals surface area contributed by atoms with Crippen LogP contribution in [0.3, 0.4) is 0 Å². The first-order valence-electron chi connectivity index (χ1n) is 12.3. The molecule has 0 amide bonds. The molecule has 3 aromatic rings. The highest BCUT2D eigenvalue weighted by atomic mass is 16.6. The van der Waals surface area contributed by atoms with Crippen molar-refractivity contribution in [3.8, 4) is 5.75 Å². The second-order valence-corrected chi connectivity index (χ2v) is 8.96. The molecule has 1 aliphatic rings. The molecule has 4 rings (SSSR count). The Hall–Kier alpha value is -3.28. The number of unbranched alkanes of at least 4 members (excludes halogenated alkanes) is 4. The summed E-state index contributed by atoms with van der Waals surface area (Å²) < 4.78 is 12.7. The number of esters is 1. The Balaban J connectivity index is 1.37. The lowest BCUT2D eigenvalue weighted by Gasteiger charge is -2.16. The van der Waals surface area contributed by atoms with Gasteiger partial charge in [-0.3, -0.25) is 9.36 Å². The molecule has 4 N–H and O–H groups in total. The number of hydrogen-bond acceptors (Lipinski definition) is 10. The summed E-state index contributed by atoms with van der Waals surface area (Å²) in [6, 6.07) is 6.80. The van der Waals surface area contributed by atoms with Crippen LogP contribution in [0.15, 0.2) is 36.9 Å². The highest BCUT2D eigenvalue weighted by Gasteiger charge is 2.45. The van der Waals surface area contributed by atoms with Crippen LogP contribution in [-0.4, -0.2) is 65.7 Å². The monoisotopic (exact) mass is 499 g/mol. The summed E-state index contributed by atoms with van der Waals surface area (Å²) in [5.41, 5.74) is 1.83. The minimum absolute atomic E-state index is 0.149. The second-order valence-electron chi connectivity index (χ2n) is 8.96. The van der Waals surface area contributed by atoms with Crippen molar-refractivity contribution in [2.45, 2.75) is 76.5 Å². The molecule has 4 atom stereocenters. The maximum absolute atomic E-state index is 12.1. The third-order valence-corrected chi connectivity index (χ3v) is 6.26. The summed E-state index contributed by atoms with van der Waals surface area (Å²) in [5.74, 6) is 0.337.